The first-order chi connectivity index (χ1) is 9.88. The number of halogens is 2. The Labute approximate surface area is 135 Å². The molecule has 0 spiro atoms. The molecule has 0 heterocycles. The molecule has 1 amide bonds. The second-order valence-electron chi connectivity index (χ2n) is 5.58. The van der Waals surface area contributed by atoms with Gasteiger partial charge in [0.2, 0.25) is 0 Å². The van der Waals surface area contributed by atoms with E-state index in [1.807, 2.05) is 6.92 Å². The zero-order valence-corrected chi connectivity index (χ0v) is 13.7. The Morgan fingerprint density at radius 1 is 1.48 bits per heavy atom. The minimum atomic E-state index is -0.0493. The van der Waals surface area contributed by atoms with E-state index in [-0.39, 0.29) is 18.6 Å². The van der Waals surface area contributed by atoms with E-state index >= 15 is 0 Å². The summed E-state index contributed by atoms with van der Waals surface area (Å²) in [7, 11) is 1.80. The van der Waals surface area contributed by atoms with Crippen LogP contribution in [0.5, 0.6) is 5.75 Å². The molecule has 21 heavy (non-hydrogen) atoms. The van der Waals surface area contributed by atoms with Crippen molar-refractivity contribution in [1.82, 2.24) is 4.90 Å². The summed E-state index contributed by atoms with van der Waals surface area (Å²) >= 11 is 12.2. The quantitative estimate of drug-likeness (QED) is 0.872. The molecule has 116 valence electrons. The molecule has 4 nitrogen and oxygen atoms in total. The average molecular weight is 331 g/mol. The van der Waals surface area contributed by atoms with E-state index in [1.54, 1.807) is 24.1 Å². The molecule has 1 saturated carbocycles. The van der Waals surface area contributed by atoms with Crippen molar-refractivity contribution in [2.75, 3.05) is 13.7 Å². The van der Waals surface area contributed by atoms with Gasteiger partial charge in [-0.25, -0.2) is 0 Å². The third-order valence-electron chi connectivity index (χ3n) is 3.46. The van der Waals surface area contributed by atoms with Crippen LogP contribution in [0.1, 0.15) is 25.3 Å². The van der Waals surface area contributed by atoms with Gasteiger partial charge < -0.3 is 15.4 Å². The summed E-state index contributed by atoms with van der Waals surface area (Å²) in [6, 6.07) is 3.71. The van der Waals surface area contributed by atoms with Crippen molar-refractivity contribution in [2.45, 2.75) is 38.3 Å². The SMILES string of the molecule is CC(N)Cc1cc(Cl)cc(Cl)c1OCC(=O)N(C)C1CC1. The van der Waals surface area contributed by atoms with Crippen molar-refractivity contribution in [2.24, 2.45) is 5.73 Å². The number of carbonyl (C=O) groups is 1. The number of nitrogens with two attached hydrogens (primary N) is 1. The Kier molecular flexibility index (Phi) is 5.36. The number of nitrogens with zero attached hydrogens (tertiary/aromatic N) is 1. The predicted octanol–water partition coefficient (Wildman–Crippen LogP) is 2.88. The van der Waals surface area contributed by atoms with E-state index in [9.17, 15) is 4.79 Å². The highest BCUT2D eigenvalue weighted by Gasteiger charge is 2.29. The predicted molar refractivity (Wildman–Crippen MR) is 85.1 cm³/mol. The summed E-state index contributed by atoms with van der Waals surface area (Å²) in [5, 5.41) is 0.935. The van der Waals surface area contributed by atoms with E-state index in [1.165, 1.54) is 0 Å². The van der Waals surface area contributed by atoms with Crippen LogP contribution < -0.4 is 10.5 Å². The van der Waals surface area contributed by atoms with Crippen LogP contribution in [-0.4, -0.2) is 36.5 Å². The Bertz CT molecular complexity index is 531. The lowest BCUT2D eigenvalue weighted by atomic mass is 10.1. The first-order valence-electron chi connectivity index (χ1n) is 7.00. The molecule has 1 fully saturated rings. The highest BCUT2D eigenvalue weighted by Crippen LogP contribution is 2.33. The van der Waals surface area contributed by atoms with Crippen LogP contribution >= 0.6 is 23.2 Å². The van der Waals surface area contributed by atoms with Gasteiger partial charge in [0.15, 0.2) is 6.61 Å². The number of rotatable bonds is 6. The summed E-state index contributed by atoms with van der Waals surface area (Å²) in [6.45, 7) is 1.87. The van der Waals surface area contributed by atoms with Gasteiger partial charge in [-0.15, -0.1) is 0 Å². The van der Waals surface area contributed by atoms with E-state index in [2.05, 4.69) is 0 Å². The van der Waals surface area contributed by atoms with Gasteiger partial charge in [0, 0.05) is 24.2 Å². The molecular weight excluding hydrogens is 311 g/mol. The monoisotopic (exact) mass is 330 g/mol. The third kappa shape index (κ3) is 4.50. The number of amides is 1. The molecule has 0 aromatic heterocycles. The Balaban J connectivity index is 2.08. The first-order valence-corrected chi connectivity index (χ1v) is 7.76. The molecule has 0 aliphatic heterocycles. The van der Waals surface area contributed by atoms with Crippen molar-refractivity contribution in [1.29, 1.82) is 0 Å². The normalized spacial score (nSPS) is 15.7. The van der Waals surface area contributed by atoms with Gasteiger partial charge in [0.05, 0.1) is 5.02 Å². The van der Waals surface area contributed by atoms with E-state index in [4.69, 9.17) is 33.7 Å². The minimum absolute atomic E-state index is 0.0275. The largest absolute Gasteiger partial charge is 0.482 e. The highest BCUT2D eigenvalue weighted by molar-refractivity contribution is 6.35. The number of carbonyl (C=O) groups excluding carboxylic acids is 1. The molecule has 0 bridgehead atoms. The average Bonchev–Trinajstić information content (AvgIpc) is 3.19. The number of ether oxygens (including phenoxy) is 1. The fourth-order valence-electron chi connectivity index (χ4n) is 2.17. The summed E-state index contributed by atoms with van der Waals surface area (Å²) in [6.07, 6.45) is 2.72. The Morgan fingerprint density at radius 2 is 2.14 bits per heavy atom. The second kappa shape index (κ2) is 6.86. The molecule has 1 atom stereocenters. The van der Waals surface area contributed by atoms with Gasteiger partial charge in [0.25, 0.3) is 5.91 Å². The molecular formula is C15H20Cl2N2O2. The zero-order chi connectivity index (χ0) is 15.6. The molecule has 0 radical (unpaired) electrons. The zero-order valence-electron chi connectivity index (χ0n) is 12.2. The van der Waals surface area contributed by atoms with E-state index in [0.717, 1.165) is 18.4 Å². The number of hydrogen-bond acceptors (Lipinski definition) is 3. The first kappa shape index (κ1) is 16.4. The number of likely N-dealkylation sites (N-methyl/N-ethyl adjacent to an activating group) is 1. The molecule has 2 rings (SSSR count). The fourth-order valence-corrected chi connectivity index (χ4v) is 2.77. The van der Waals surface area contributed by atoms with Gasteiger partial charge in [-0.3, -0.25) is 4.79 Å². The third-order valence-corrected chi connectivity index (χ3v) is 3.95. The standard InChI is InChI=1S/C15H20Cl2N2O2/c1-9(18)5-10-6-11(16)7-13(17)15(10)21-8-14(20)19(2)12-3-4-12/h6-7,9,12H,3-5,8,18H2,1-2H3. The molecule has 0 saturated heterocycles. The lowest BCUT2D eigenvalue weighted by Crippen LogP contribution is -2.33. The van der Waals surface area contributed by atoms with Crippen LogP contribution in [0.25, 0.3) is 0 Å². The molecule has 1 aliphatic carbocycles. The minimum Gasteiger partial charge on any atom is -0.482 e. The summed E-state index contributed by atoms with van der Waals surface area (Å²) in [4.78, 5) is 13.7. The van der Waals surface area contributed by atoms with Crippen molar-refractivity contribution < 1.29 is 9.53 Å². The molecule has 1 unspecified atom stereocenters. The van der Waals surface area contributed by atoms with Crippen LogP contribution in [0.15, 0.2) is 12.1 Å². The summed E-state index contributed by atoms with van der Waals surface area (Å²) < 4.78 is 5.65. The summed E-state index contributed by atoms with van der Waals surface area (Å²) in [5.41, 5.74) is 6.65. The Hall–Kier alpha value is -0.970. The summed E-state index contributed by atoms with van der Waals surface area (Å²) in [5.74, 6) is 0.450. The van der Waals surface area contributed by atoms with Crippen LogP contribution in [0.3, 0.4) is 0 Å². The van der Waals surface area contributed by atoms with Crippen molar-refractivity contribution >= 4 is 29.1 Å². The van der Waals surface area contributed by atoms with Crippen molar-refractivity contribution in [3.8, 4) is 5.75 Å². The lowest BCUT2D eigenvalue weighted by Gasteiger charge is -2.19. The maximum atomic E-state index is 12.0. The van der Waals surface area contributed by atoms with Gasteiger partial charge >= 0.3 is 0 Å². The van der Waals surface area contributed by atoms with Crippen LogP contribution in [0, 0.1) is 0 Å². The van der Waals surface area contributed by atoms with Crippen LogP contribution in [0.4, 0.5) is 0 Å². The second-order valence-corrected chi connectivity index (χ2v) is 6.43. The molecule has 1 aromatic rings. The van der Waals surface area contributed by atoms with E-state index in [0.29, 0.717) is 28.3 Å². The smallest absolute Gasteiger partial charge is 0.260 e. The molecule has 1 aliphatic rings. The Morgan fingerprint density at radius 3 is 2.71 bits per heavy atom. The fraction of sp³-hybridized carbons (Fsp3) is 0.533. The maximum Gasteiger partial charge on any atom is 0.260 e. The molecule has 1 aromatic carbocycles. The van der Waals surface area contributed by atoms with E-state index < -0.39 is 0 Å². The maximum absolute atomic E-state index is 12.0. The number of benzene rings is 1. The highest BCUT2D eigenvalue weighted by atomic mass is 35.5. The number of hydrogen-bond donors (Lipinski definition) is 1. The van der Waals surface area contributed by atoms with Gasteiger partial charge in [-0.05, 0) is 43.9 Å². The topological polar surface area (TPSA) is 55.6 Å². The van der Waals surface area contributed by atoms with Gasteiger partial charge in [-0.2, -0.15) is 0 Å². The molecule has 6 heteroatoms. The molecule has 2 N–H and O–H groups in total. The van der Waals surface area contributed by atoms with Crippen LogP contribution in [-0.2, 0) is 11.2 Å². The van der Waals surface area contributed by atoms with Crippen LogP contribution in [0.2, 0.25) is 10.0 Å². The van der Waals surface area contributed by atoms with Gasteiger partial charge in [0.1, 0.15) is 5.75 Å². The van der Waals surface area contributed by atoms with Crippen molar-refractivity contribution in [3.05, 3.63) is 27.7 Å². The lowest BCUT2D eigenvalue weighted by molar-refractivity contribution is -0.132. The van der Waals surface area contributed by atoms with Gasteiger partial charge in [-0.1, -0.05) is 23.2 Å². The van der Waals surface area contributed by atoms with Crippen molar-refractivity contribution in [3.63, 3.8) is 0 Å².